The van der Waals surface area contributed by atoms with Crippen molar-refractivity contribution in [3.05, 3.63) is 65.7 Å². The highest BCUT2D eigenvalue weighted by molar-refractivity contribution is 5.85. The first-order chi connectivity index (χ1) is 11.3. The van der Waals surface area contributed by atoms with Crippen LogP contribution in [0.25, 0.3) is 0 Å². The number of likely N-dealkylation sites (N-methyl/N-ethyl adjacent to an activating group) is 1. The lowest BCUT2D eigenvalue weighted by Gasteiger charge is -2.38. The van der Waals surface area contributed by atoms with Gasteiger partial charge in [0.05, 0.1) is 12.6 Å². The summed E-state index contributed by atoms with van der Waals surface area (Å²) in [6.45, 7) is 7.16. The molecule has 138 valence electrons. The van der Waals surface area contributed by atoms with E-state index in [2.05, 4.69) is 65.4 Å². The Kier molecular flexibility index (Phi) is 9.30. The largest absolute Gasteiger partial charge is 0.494 e. The molecule has 0 aromatic heterocycles. The van der Waals surface area contributed by atoms with Crippen molar-refractivity contribution in [1.29, 1.82) is 0 Å². The summed E-state index contributed by atoms with van der Waals surface area (Å²) in [5.41, 5.74) is 2.66. The molecule has 0 bridgehead atoms. The second kappa shape index (κ2) is 10.7. The molecule has 1 fully saturated rings. The monoisotopic (exact) mass is 382 g/mol. The van der Waals surface area contributed by atoms with Gasteiger partial charge in [-0.1, -0.05) is 42.5 Å². The Morgan fingerprint density at radius 3 is 2.16 bits per heavy atom. The Hall–Kier alpha value is -1.26. The molecule has 0 amide bonds. The van der Waals surface area contributed by atoms with E-state index in [4.69, 9.17) is 4.74 Å². The summed E-state index contributed by atoms with van der Waals surface area (Å²) in [7, 11) is 2.20. The van der Waals surface area contributed by atoms with Crippen LogP contribution in [0.15, 0.2) is 54.6 Å². The Morgan fingerprint density at radius 2 is 1.52 bits per heavy atom. The first kappa shape index (κ1) is 21.8. The number of rotatable bonds is 5. The van der Waals surface area contributed by atoms with E-state index < -0.39 is 0 Å². The van der Waals surface area contributed by atoms with Crippen LogP contribution in [-0.2, 0) is 0 Å². The Morgan fingerprint density at radius 1 is 0.880 bits per heavy atom. The van der Waals surface area contributed by atoms with E-state index in [1.54, 1.807) is 0 Å². The molecule has 0 aliphatic carbocycles. The smallest absolute Gasteiger partial charge is 0.119 e. The Balaban J connectivity index is 0.00000156. The van der Waals surface area contributed by atoms with Gasteiger partial charge in [0.1, 0.15) is 5.75 Å². The maximum absolute atomic E-state index is 5.71. The molecule has 1 unspecified atom stereocenters. The molecule has 1 aliphatic heterocycles. The molecule has 2 aromatic rings. The first-order valence-corrected chi connectivity index (χ1v) is 8.48. The van der Waals surface area contributed by atoms with Crippen LogP contribution in [0, 0.1) is 0 Å². The number of benzene rings is 2. The molecule has 5 heteroatoms. The Bertz CT molecular complexity index is 616. The summed E-state index contributed by atoms with van der Waals surface area (Å²) < 4.78 is 5.71. The number of halogens is 2. The van der Waals surface area contributed by atoms with E-state index in [0.717, 1.165) is 31.9 Å². The molecule has 3 nitrogen and oxygen atoms in total. The molecular formula is C20H28Cl2N2O. The molecular weight excluding hydrogens is 355 g/mol. The van der Waals surface area contributed by atoms with E-state index in [1.165, 1.54) is 11.1 Å². The van der Waals surface area contributed by atoms with Gasteiger partial charge < -0.3 is 9.64 Å². The van der Waals surface area contributed by atoms with Crippen molar-refractivity contribution in [2.45, 2.75) is 13.0 Å². The van der Waals surface area contributed by atoms with Crippen LogP contribution in [0.3, 0.4) is 0 Å². The van der Waals surface area contributed by atoms with Gasteiger partial charge in [0.15, 0.2) is 0 Å². The lowest BCUT2D eigenvalue weighted by Crippen LogP contribution is -2.46. The van der Waals surface area contributed by atoms with E-state index in [1.807, 2.05) is 13.0 Å². The van der Waals surface area contributed by atoms with E-state index in [0.29, 0.717) is 12.6 Å². The third kappa shape index (κ3) is 5.61. The molecule has 0 spiro atoms. The predicted octanol–water partition coefficient (Wildman–Crippen LogP) is 4.27. The van der Waals surface area contributed by atoms with Crippen molar-refractivity contribution in [3.8, 4) is 5.75 Å². The van der Waals surface area contributed by atoms with Gasteiger partial charge in [-0.3, -0.25) is 4.90 Å². The quantitative estimate of drug-likeness (QED) is 0.767. The molecule has 0 N–H and O–H groups in total. The van der Waals surface area contributed by atoms with E-state index >= 15 is 0 Å². The summed E-state index contributed by atoms with van der Waals surface area (Å²) in [4.78, 5) is 4.98. The molecule has 1 saturated heterocycles. The van der Waals surface area contributed by atoms with Gasteiger partial charge in [0, 0.05) is 26.2 Å². The molecule has 1 atom stereocenters. The molecule has 3 rings (SSSR count). The van der Waals surface area contributed by atoms with Crippen molar-refractivity contribution in [3.63, 3.8) is 0 Å². The second-order valence-corrected chi connectivity index (χ2v) is 6.16. The van der Waals surface area contributed by atoms with Crippen molar-refractivity contribution in [2.75, 3.05) is 39.8 Å². The minimum absolute atomic E-state index is 0. The average molecular weight is 383 g/mol. The van der Waals surface area contributed by atoms with Crippen LogP contribution in [0.1, 0.15) is 24.1 Å². The number of piperazine rings is 1. The summed E-state index contributed by atoms with van der Waals surface area (Å²) in [5.74, 6) is 0.958. The second-order valence-electron chi connectivity index (χ2n) is 6.16. The third-order valence-electron chi connectivity index (χ3n) is 4.50. The van der Waals surface area contributed by atoms with Gasteiger partial charge >= 0.3 is 0 Å². The summed E-state index contributed by atoms with van der Waals surface area (Å²) in [6, 6.07) is 19.7. The predicted molar refractivity (Wildman–Crippen MR) is 109 cm³/mol. The summed E-state index contributed by atoms with van der Waals surface area (Å²) >= 11 is 0. The fourth-order valence-corrected chi connectivity index (χ4v) is 3.27. The van der Waals surface area contributed by atoms with Crippen molar-refractivity contribution < 1.29 is 4.74 Å². The van der Waals surface area contributed by atoms with Crippen LogP contribution in [0.4, 0.5) is 0 Å². The molecule has 2 aromatic carbocycles. The summed E-state index contributed by atoms with van der Waals surface area (Å²) in [5, 5.41) is 0. The number of nitrogens with zero attached hydrogens (tertiary/aromatic N) is 2. The summed E-state index contributed by atoms with van der Waals surface area (Å²) in [6.07, 6.45) is 0. The van der Waals surface area contributed by atoms with Crippen LogP contribution >= 0.6 is 24.8 Å². The van der Waals surface area contributed by atoms with Gasteiger partial charge in [0.2, 0.25) is 0 Å². The molecule has 1 aliphatic rings. The molecule has 1 heterocycles. The van der Waals surface area contributed by atoms with Gasteiger partial charge in [-0.15, -0.1) is 24.8 Å². The number of hydrogen-bond donors (Lipinski definition) is 0. The standard InChI is InChI=1S/C20H26N2O.2ClH/c1-3-23-19-11-7-10-18(16-19)20(17-8-5-4-6-9-17)22-14-12-21(2)13-15-22;;/h4-11,16,20H,3,12-15H2,1-2H3;2*1H. The third-order valence-corrected chi connectivity index (χ3v) is 4.50. The minimum atomic E-state index is 0. The van der Waals surface area contributed by atoms with E-state index in [-0.39, 0.29) is 24.8 Å². The maximum atomic E-state index is 5.71. The Labute approximate surface area is 163 Å². The first-order valence-electron chi connectivity index (χ1n) is 8.48. The highest BCUT2D eigenvalue weighted by atomic mass is 35.5. The zero-order valence-electron chi connectivity index (χ0n) is 14.9. The fourth-order valence-electron chi connectivity index (χ4n) is 3.27. The van der Waals surface area contributed by atoms with E-state index in [9.17, 15) is 0 Å². The molecule has 0 saturated carbocycles. The van der Waals surface area contributed by atoms with Gasteiger partial charge in [-0.05, 0) is 37.2 Å². The van der Waals surface area contributed by atoms with Crippen molar-refractivity contribution in [2.24, 2.45) is 0 Å². The highest BCUT2D eigenvalue weighted by Crippen LogP contribution is 2.31. The topological polar surface area (TPSA) is 15.7 Å². The number of hydrogen-bond acceptors (Lipinski definition) is 3. The minimum Gasteiger partial charge on any atom is -0.494 e. The van der Waals surface area contributed by atoms with Gasteiger partial charge in [0.25, 0.3) is 0 Å². The normalized spacial score (nSPS) is 16.4. The van der Waals surface area contributed by atoms with Crippen LogP contribution < -0.4 is 4.74 Å². The van der Waals surface area contributed by atoms with Gasteiger partial charge in [-0.2, -0.15) is 0 Å². The van der Waals surface area contributed by atoms with Crippen LogP contribution in [0.2, 0.25) is 0 Å². The van der Waals surface area contributed by atoms with Gasteiger partial charge in [-0.25, -0.2) is 0 Å². The fraction of sp³-hybridized carbons (Fsp3) is 0.400. The lowest BCUT2D eigenvalue weighted by molar-refractivity contribution is 0.127. The SMILES string of the molecule is CCOc1cccc(C(c2ccccc2)N2CCN(C)CC2)c1.Cl.Cl. The number of ether oxygens (including phenoxy) is 1. The molecule has 0 radical (unpaired) electrons. The lowest BCUT2D eigenvalue weighted by atomic mass is 9.96. The highest BCUT2D eigenvalue weighted by Gasteiger charge is 2.25. The van der Waals surface area contributed by atoms with Crippen LogP contribution in [0.5, 0.6) is 5.75 Å². The maximum Gasteiger partial charge on any atom is 0.119 e. The zero-order valence-corrected chi connectivity index (χ0v) is 16.6. The molecule has 25 heavy (non-hydrogen) atoms. The van der Waals surface area contributed by atoms with Crippen molar-refractivity contribution >= 4 is 24.8 Å². The average Bonchev–Trinajstić information content (AvgIpc) is 2.59. The van der Waals surface area contributed by atoms with Crippen molar-refractivity contribution in [1.82, 2.24) is 9.80 Å². The van der Waals surface area contributed by atoms with Crippen LogP contribution in [-0.4, -0.2) is 49.6 Å². The zero-order chi connectivity index (χ0) is 16.1.